The summed E-state index contributed by atoms with van der Waals surface area (Å²) in [5.41, 5.74) is 1.34. The van der Waals surface area contributed by atoms with Crippen LogP contribution in [0.5, 0.6) is 0 Å². The predicted octanol–water partition coefficient (Wildman–Crippen LogP) is 3.83. The van der Waals surface area contributed by atoms with Gasteiger partial charge < -0.3 is 0 Å². The molecule has 0 aliphatic heterocycles. The van der Waals surface area contributed by atoms with E-state index in [1.165, 1.54) is 11.8 Å². The smallest absolute Gasteiger partial charge is 0.0267 e. The Morgan fingerprint density at radius 1 is 1.33 bits per heavy atom. The fourth-order valence-electron chi connectivity index (χ4n) is 0.414. The average molecular weight is 167 g/mol. The molecule has 0 aliphatic carbocycles. The number of allylic oxidation sites excluding steroid dienone is 2. The zero-order valence-electron chi connectivity index (χ0n) is 8.96. The lowest BCUT2D eigenvalue weighted by molar-refractivity contribution is 0.771. The molecule has 0 rings (SSSR count). The standard InChI is InChI=1S/C9H15N.C2H6/c1-5-10-7-6-9(4)8(2)3;1-2/h5-8H,1H2,2-4H3;1-2H3/b9-6+,10-7?;. The highest BCUT2D eigenvalue weighted by atomic mass is 14.6. The average Bonchev–Trinajstić information content (AvgIpc) is 2.08. The maximum atomic E-state index is 3.86. The van der Waals surface area contributed by atoms with E-state index < -0.39 is 0 Å². The maximum absolute atomic E-state index is 3.86. The number of aliphatic imine (C=N–C) groups is 1. The van der Waals surface area contributed by atoms with Gasteiger partial charge in [-0.05, 0) is 18.9 Å². The Morgan fingerprint density at radius 2 is 1.83 bits per heavy atom. The van der Waals surface area contributed by atoms with Gasteiger partial charge in [-0.1, -0.05) is 39.8 Å². The van der Waals surface area contributed by atoms with Crippen LogP contribution in [0.3, 0.4) is 0 Å². The molecule has 0 aromatic carbocycles. The summed E-state index contributed by atoms with van der Waals surface area (Å²) in [5, 5.41) is 0. The monoisotopic (exact) mass is 167 g/mol. The molecule has 0 saturated heterocycles. The Kier molecular flexibility index (Phi) is 11.6. The van der Waals surface area contributed by atoms with Crippen LogP contribution in [0.4, 0.5) is 0 Å². The van der Waals surface area contributed by atoms with Gasteiger partial charge in [-0.2, -0.15) is 0 Å². The first-order valence-corrected chi connectivity index (χ1v) is 4.49. The summed E-state index contributed by atoms with van der Waals surface area (Å²) >= 11 is 0. The second-order valence-electron chi connectivity index (χ2n) is 2.55. The van der Waals surface area contributed by atoms with Crippen LogP contribution in [-0.4, -0.2) is 6.21 Å². The second-order valence-corrected chi connectivity index (χ2v) is 2.55. The summed E-state index contributed by atoms with van der Waals surface area (Å²) in [6, 6.07) is 0. The molecule has 0 atom stereocenters. The molecule has 1 nitrogen and oxygen atoms in total. The molecule has 0 unspecified atom stereocenters. The van der Waals surface area contributed by atoms with Gasteiger partial charge in [0.15, 0.2) is 0 Å². The lowest BCUT2D eigenvalue weighted by atomic mass is 10.1. The predicted molar refractivity (Wildman–Crippen MR) is 58.6 cm³/mol. The van der Waals surface area contributed by atoms with Crippen molar-refractivity contribution in [2.24, 2.45) is 10.9 Å². The molecule has 0 amide bonds. The van der Waals surface area contributed by atoms with Crippen molar-refractivity contribution in [3.05, 3.63) is 24.4 Å². The van der Waals surface area contributed by atoms with Gasteiger partial charge in [0, 0.05) is 12.4 Å². The largest absolute Gasteiger partial charge is 0.265 e. The minimum Gasteiger partial charge on any atom is -0.265 e. The van der Waals surface area contributed by atoms with Crippen LogP contribution in [-0.2, 0) is 0 Å². The van der Waals surface area contributed by atoms with Gasteiger partial charge in [0.25, 0.3) is 0 Å². The molecule has 0 heterocycles. The Bertz CT molecular complexity index is 152. The van der Waals surface area contributed by atoms with Crippen molar-refractivity contribution in [3.63, 3.8) is 0 Å². The SMILES string of the molecule is C=CN=C/C=C(\C)C(C)C.CC. The van der Waals surface area contributed by atoms with Crippen LogP contribution in [0.1, 0.15) is 34.6 Å². The van der Waals surface area contributed by atoms with Gasteiger partial charge in [-0.3, -0.25) is 4.99 Å². The summed E-state index contributed by atoms with van der Waals surface area (Å²) in [6.07, 6.45) is 5.30. The number of nitrogens with zero attached hydrogens (tertiary/aromatic N) is 1. The minimum atomic E-state index is 0.608. The van der Waals surface area contributed by atoms with Gasteiger partial charge in [0.05, 0.1) is 0 Å². The fourth-order valence-corrected chi connectivity index (χ4v) is 0.414. The van der Waals surface area contributed by atoms with Crippen molar-refractivity contribution in [2.75, 3.05) is 0 Å². The Balaban J connectivity index is 0. The molecule has 0 bridgehead atoms. The molecule has 0 aromatic rings. The van der Waals surface area contributed by atoms with E-state index in [1.54, 1.807) is 6.21 Å². The minimum absolute atomic E-state index is 0.608. The first kappa shape index (κ1) is 13.7. The van der Waals surface area contributed by atoms with Crippen LogP contribution < -0.4 is 0 Å². The summed E-state index contributed by atoms with van der Waals surface area (Å²) in [7, 11) is 0. The van der Waals surface area contributed by atoms with Crippen LogP contribution >= 0.6 is 0 Å². The van der Waals surface area contributed by atoms with Crippen LogP contribution in [0.25, 0.3) is 0 Å². The lowest BCUT2D eigenvalue weighted by Crippen LogP contribution is -1.87. The highest BCUT2D eigenvalue weighted by Crippen LogP contribution is 2.05. The fraction of sp³-hybridized carbons (Fsp3) is 0.545. The van der Waals surface area contributed by atoms with Gasteiger partial charge in [0.1, 0.15) is 0 Å². The molecule has 0 saturated carbocycles. The third-order valence-electron chi connectivity index (χ3n) is 1.44. The third kappa shape index (κ3) is 9.15. The summed E-state index contributed by atoms with van der Waals surface area (Å²) in [4.78, 5) is 3.86. The summed E-state index contributed by atoms with van der Waals surface area (Å²) in [5.74, 6) is 0.608. The Hall–Kier alpha value is -0.850. The van der Waals surface area contributed by atoms with E-state index in [2.05, 4.69) is 32.3 Å². The molecule has 0 N–H and O–H groups in total. The van der Waals surface area contributed by atoms with Gasteiger partial charge >= 0.3 is 0 Å². The number of hydrogen-bond donors (Lipinski definition) is 0. The Labute approximate surface area is 76.9 Å². The zero-order chi connectivity index (χ0) is 9.98. The molecule has 12 heavy (non-hydrogen) atoms. The molecule has 70 valence electrons. The van der Waals surface area contributed by atoms with Crippen molar-refractivity contribution in [1.29, 1.82) is 0 Å². The Morgan fingerprint density at radius 3 is 2.17 bits per heavy atom. The van der Waals surface area contributed by atoms with E-state index in [1.807, 2.05) is 19.9 Å². The lowest BCUT2D eigenvalue weighted by Gasteiger charge is -2.00. The topological polar surface area (TPSA) is 12.4 Å². The third-order valence-corrected chi connectivity index (χ3v) is 1.44. The van der Waals surface area contributed by atoms with E-state index in [0.29, 0.717) is 5.92 Å². The molecular weight excluding hydrogens is 146 g/mol. The molecule has 0 radical (unpaired) electrons. The van der Waals surface area contributed by atoms with Crippen molar-refractivity contribution >= 4 is 6.21 Å². The van der Waals surface area contributed by atoms with E-state index in [-0.39, 0.29) is 0 Å². The zero-order valence-corrected chi connectivity index (χ0v) is 8.96. The van der Waals surface area contributed by atoms with E-state index in [9.17, 15) is 0 Å². The molecule has 0 spiro atoms. The quantitative estimate of drug-likeness (QED) is 0.566. The molecule has 0 fully saturated rings. The first-order chi connectivity index (χ1) is 5.68. The maximum Gasteiger partial charge on any atom is 0.0267 e. The number of rotatable bonds is 3. The van der Waals surface area contributed by atoms with Gasteiger partial charge in [-0.25, -0.2) is 0 Å². The van der Waals surface area contributed by atoms with E-state index in [4.69, 9.17) is 0 Å². The highest BCUT2D eigenvalue weighted by Gasteiger charge is 1.91. The molecule has 0 aromatic heterocycles. The van der Waals surface area contributed by atoms with Crippen LogP contribution in [0.2, 0.25) is 0 Å². The summed E-state index contributed by atoms with van der Waals surface area (Å²) < 4.78 is 0. The highest BCUT2D eigenvalue weighted by molar-refractivity contribution is 5.72. The van der Waals surface area contributed by atoms with Crippen LogP contribution in [0, 0.1) is 5.92 Å². The van der Waals surface area contributed by atoms with Crippen molar-refractivity contribution in [1.82, 2.24) is 0 Å². The van der Waals surface area contributed by atoms with E-state index >= 15 is 0 Å². The molecular formula is C11H21N. The van der Waals surface area contributed by atoms with Gasteiger partial charge in [-0.15, -0.1) is 0 Å². The second kappa shape index (κ2) is 10.2. The van der Waals surface area contributed by atoms with Gasteiger partial charge in [0.2, 0.25) is 0 Å². The van der Waals surface area contributed by atoms with Crippen molar-refractivity contribution in [3.8, 4) is 0 Å². The van der Waals surface area contributed by atoms with Crippen LogP contribution in [0.15, 0.2) is 29.4 Å². The molecule has 0 aliphatic rings. The van der Waals surface area contributed by atoms with E-state index in [0.717, 1.165) is 0 Å². The normalized spacial score (nSPS) is 11.3. The molecule has 1 heteroatoms. The van der Waals surface area contributed by atoms with Crippen molar-refractivity contribution in [2.45, 2.75) is 34.6 Å². The first-order valence-electron chi connectivity index (χ1n) is 4.49. The number of hydrogen-bond acceptors (Lipinski definition) is 1. The summed E-state index contributed by atoms with van der Waals surface area (Å²) in [6.45, 7) is 13.9. The van der Waals surface area contributed by atoms with Crippen molar-refractivity contribution < 1.29 is 0 Å².